The van der Waals surface area contributed by atoms with E-state index in [1.165, 1.54) is 11.7 Å². The summed E-state index contributed by atoms with van der Waals surface area (Å²) in [4.78, 5) is 44.0. The van der Waals surface area contributed by atoms with Crippen molar-refractivity contribution in [2.75, 3.05) is 26.9 Å². The Labute approximate surface area is 271 Å². The molecule has 0 amide bonds. The van der Waals surface area contributed by atoms with Crippen LogP contribution in [0.25, 0.3) is 17.4 Å². The maximum Gasteiger partial charge on any atom is 0.343 e. The lowest BCUT2D eigenvalue weighted by atomic mass is 9.95. The van der Waals surface area contributed by atoms with Crippen molar-refractivity contribution in [3.05, 3.63) is 101 Å². The van der Waals surface area contributed by atoms with Gasteiger partial charge in [0.2, 0.25) is 0 Å². The number of halogens is 2. The summed E-state index contributed by atoms with van der Waals surface area (Å²) in [5.74, 6) is 0.354. The van der Waals surface area contributed by atoms with Crippen LogP contribution in [0.15, 0.2) is 74.0 Å². The average Bonchev–Trinajstić information content (AvgIpc) is 3.61. The van der Waals surface area contributed by atoms with Crippen LogP contribution in [0, 0.1) is 0 Å². The highest BCUT2D eigenvalue weighted by molar-refractivity contribution is 7.07. The van der Waals surface area contributed by atoms with Crippen LogP contribution in [0.4, 0.5) is 0 Å². The first-order chi connectivity index (χ1) is 21.7. The van der Waals surface area contributed by atoms with Crippen molar-refractivity contribution in [1.82, 2.24) is 4.57 Å². The summed E-state index contributed by atoms with van der Waals surface area (Å²) >= 11 is 13.7. The molecule has 0 spiro atoms. The largest absolute Gasteiger partial charge is 0.490 e. The predicted molar refractivity (Wildman–Crippen MR) is 170 cm³/mol. The number of carbonyl (C=O) groups is 2. The number of methoxy groups -OCH3 is 1. The Balaban J connectivity index is 1.62. The zero-order valence-corrected chi connectivity index (χ0v) is 27.0. The second kappa shape index (κ2) is 13.8. The Morgan fingerprint density at radius 3 is 2.60 bits per heavy atom. The molecule has 0 aliphatic carbocycles. The van der Waals surface area contributed by atoms with E-state index in [1.807, 2.05) is 0 Å². The van der Waals surface area contributed by atoms with E-state index in [9.17, 15) is 14.4 Å². The number of aromatic nitrogens is 1. The number of nitrogens with zero attached hydrogens (tertiary/aromatic N) is 2. The van der Waals surface area contributed by atoms with E-state index >= 15 is 0 Å². The maximum atomic E-state index is 14.0. The molecule has 0 saturated heterocycles. The van der Waals surface area contributed by atoms with Gasteiger partial charge in [-0.3, -0.25) is 9.36 Å². The van der Waals surface area contributed by atoms with Gasteiger partial charge in [0.15, 0.2) is 22.9 Å². The second-order valence-corrected chi connectivity index (χ2v) is 11.4. The summed E-state index contributed by atoms with van der Waals surface area (Å²) in [6, 6.07) is 12.8. The number of ether oxygens (including phenoxy) is 4. The van der Waals surface area contributed by atoms with E-state index in [0.717, 1.165) is 11.3 Å². The van der Waals surface area contributed by atoms with Gasteiger partial charge < -0.3 is 23.4 Å². The van der Waals surface area contributed by atoms with Gasteiger partial charge >= 0.3 is 11.9 Å². The molecule has 3 heterocycles. The molecule has 45 heavy (non-hydrogen) atoms. The first-order valence-corrected chi connectivity index (χ1v) is 15.4. The number of fused-ring (bicyclic) bond motifs is 1. The molecule has 13 heteroatoms. The van der Waals surface area contributed by atoms with Crippen LogP contribution < -0.4 is 24.4 Å². The number of furan rings is 1. The Bertz CT molecular complexity index is 1990. The van der Waals surface area contributed by atoms with Crippen molar-refractivity contribution in [3.8, 4) is 22.8 Å². The molecule has 1 aliphatic rings. The molecule has 2 aromatic heterocycles. The van der Waals surface area contributed by atoms with Crippen molar-refractivity contribution in [2.45, 2.75) is 26.8 Å². The number of hydrogen-bond donors (Lipinski definition) is 0. The van der Waals surface area contributed by atoms with Crippen LogP contribution in [0.5, 0.6) is 11.5 Å². The molecule has 0 N–H and O–H groups in total. The molecular formula is C32H28Cl2N2O8S. The van der Waals surface area contributed by atoms with Crippen LogP contribution in [0.1, 0.15) is 38.1 Å². The molecule has 234 valence electrons. The SMILES string of the molecule is CCOC(=O)C1=C(C)N=c2s/c(=C/c3ccc(-c4cccc(Cl)c4Cl)o3)c(=O)n2[C@@H]1c1ccc(OCC(=O)OC)c(OCC)c1. The van der Waals surface area contributed by atoms with Gasteiger partial charge in [-0.2, -0.15) is 0 Å². The van der Waals surface area contributed by atoms with E-state index in [1.54, 1.807) is 75.4 Å². The quantitative estimate of drug-likeness (QED) is 0.208. The zero-order chi connectivity index (χ0) is 32.2. The first kappa shape index (κ1) is 32.1. The van der Waals surface area contributed by atoms with Crippen LogP contribution in [-0.4, -0.2) is 43.4 Å². The maximum absolute atomic E-state index is 14.0. The summed E-state index contributed by atoms with van der Waals surface area (Å²) in [7, 11) is 1.26. The molecule has 1 aliphatic heterocycles. The Morgan fingerprint density at radius 1 is 1.07 bits per heavy atom. The zero-order valence-electron chi connectivity index (χ0n) is 24.7. The molecule has 0 bridgehead atoms. The molecule has 2 aromatic carbocycles. The minimum atomic E-state index is -0.895. The lowest BCUT2D eigenvalue weighted by Gasteiger charge is -2.25. The highest BCUT2D eigenvalue weighted by Crippen LogP contribution is 2.37. The van der Waals surface area contributed by atoms with Crippen molar-refractivity contribution in [2.24, 2.45) is 4.99 Å². The molecule has 0 unspecified atom stereocenters. The first-order valence-electron chi connectivity index (χ1n) is 13.9. The van der Waals surface area contributed by atoms with E-state index < -0.39 is 18.0 Å². The predicted octanol–water partition coefficient (Wildman–Crippen LogP) is 5.32. The smallest absolute Gasteiger partial charge is 0.343 e. The van der Waals surface area contributed by atoms with Crippen molar-refractivity contribution >= 4 is 52.6 Å². The summed E-state index contributed by atoms with van der Waals surface area (Å²) < 4.78 is 29.3. The second-order valence-electron chi connectivity index (χ2n) is 9.61. The van der Waals surface area contributed by atoms with Crippen molar-refractivity contribution in [1.29, 1.82) is 0 Å². The Hall–Kier alpha value is -4.32. The molecule has 5 rings (SSSR count). The fraction of sp³-hybridized carbons (Fsp3) is 0.250. The third-order valence-corrected chi connectivity index (χ3v) is 8.59. The van der Waals surface area contributed by atoms with Crippen LogP contribution in [0.2, 0.25) is 10.0 Å². The minimum absolute atomic E-state index is 0.134. The summed E-state index contributed by atoms with van der Waals surface area (Å²) in [6.07, 6.45) is 1.61. The highest BCUT2D eigenvalue weighted by Gasteiger charge is 2.34. The Kier molecular flexibility index (Phi) is 9.81. The number of esters is 2. The molecule has 0 saturated carbocycles. The molecule has 4 aromatic rings. The normalized spacial score (nSPS) is 14.5. The van der Waals surface area contributed by atoms with Gasteiger partial charge in [-0.25, -0.2) is 14.6 Å². The lowest BCUT2D eigenvalue weighted by molar-refractivity contribution is -0.143. The number of carbonyl (C=O) groups excluding carboxylic acids is 2. The third kappa shape index (κ3) is 6.56. The average molecular weight is 672 g/mol. The number of thiazole rings is 1. The van der Waals surface area contributed by atoms with Gasteiger partial charge in [-0.15, -0.1) is 0 Å². The highest BCUT2D eigenvalue weighted by atomic mass is 35.5. The summed E-state index contributed by atoms with van der Waals surface area (Å²) in [5.41, 5.74) is 1.39. The minimum Gasteiger partial charge on any atom is -0.490 e. The van der Waals surface area contributed by atoms with Crippen molar-refractivity contribution < 1.29 is 33.0 Å². The van der Waals surface area contributed by atoms with Gasteiger partial charge in [0.1, 0.15) is 11.5 Å². The van der Waals surface area contributed by atoms with Gasteiger partial charge in [0, 0.05) is 11.6 Å². The van der Waals surface area contributed by atoms with E-state index in [2.05, 4.69) is 9.73 Å². The van der Waals surface area contributed by atoms with Crippen molar-refractivity contribution in [3.63, 3.8) is 0 Å². The Morgan fingerprint density at radius 2 is 1.87 bits per heavy atom. The topological polar surface area (TPSA) is 119 Å². The van der Waals surface area contributed by atoms with Crippen LogP contribution in [-0.2, 0) is 19.1 Å². The fourth-order valence-electron chi connectivity index (χ4n) is 4.78. The summed E-state index contributed by atoms with van der Waals surface area (Å²) in [5, 5.41) is 0.748. The molecule has 10 nitrogen and oxygen atoms in total. The number of rotatable bonds is 10. The number of benzene rings is 2. The monoisotopic (exact) mass is 670 g/mol. The van der Waals surface area contributed by atoms with Gasteiger partial charge in [0.25, 0.3) is 5.56 Å². The fourth-order valence-corrected chi connectivity index (χ4v) is 6.20. The molecule has 1 atom stereocenters. The third-order valence-electron chi connectivity index (χ3n) is 6.79. The van der Waals surface area contributed by atoms with Gasteiger partial charge in [0.05, 0.1) is 52.2 Å². The van der Waals surface area contributed by atoms with Crippen LogP contribution >= 0.6 is 34.5 Å². The molecular weight excluding hydrogens is 643 g/mol. The molecule has 0 radical (unpaired) electrons. The van der Waals surface area contributed by atoms with E-state index in [4.69, 9.17) is 41.8 Å². The number of allylic oxidation sites excluding steroid dienone is 1. The molecule has 0 fully saturated rings. The van der Waals surface area contributed by atoms with Gasteiger partial charge in [-0.1, -0.05) is 46.7 Å². The van der Waals surface area contributed by atoms with E-state index in [0.29, 0.717) is 65.8 Å². The standard InChI is InChI=1S/C32H28Cl2N2O8S/c1-5-41-24-14-18(10-12-23(24)43-16-26(37)40-4)29-27(31(39)42-6-2)17(3)35-32-36(29)30(38)25(45-32)15-19-11-13-22(44-19)20-8-7-9-21(33)28(20)34/h7-15,29H,5-6,16H2,1-4H3/b25-15+/t29-/m1/s1. The number of hydrogen-bond acceptors (Lipinski definition) is 10. The van der Waals surface area contributed by atoms with E-state index in [-0.39, 0.29) is 24.3 Å². The van der Waals surface area contributed by atoms with Gasteiger partial charge in [-0.05, 0) is 62.7 Å². The lowest BCUT2D eigenvalue weighted by Crippen LogP contribution is -2.40. The van der Waals surface area contributed by atoms with Crippen LogP contribution in [0.3, 0.4) is 0 Å². The summed E-state index contributed by atoms with van der Waals surface area (Å²) in [6.45, 7) is 5.31.